The van der Waals surface area contributed by atoms with E-state index in [0.717, 1.165) is 31.9 Å². The van der Waals surface area contributed by atoms with Gasteiger partial charge in [-0.15, -0.1) is 0 Å². The molecule has 0 atom stereocenters. The fourth-order valence-corrected chi connectivity index (χ4v) is 6.25. The third kappa shape index (κ3) is 8.70. The minimum absolute atomic E-state index is 0.0107. The number of phenols is 4. The summed E-state index contributed by atoms with van der Waals surface area (Å²) in [6.07, 6.45) is 11.5. The highest BCUT2D eigenvalue weighted by atomic mass is 127. The van der Waals surface area contributed by atoms with Gasteiger partial charge in [0.05, 0.1) is 10.0 Å². The Bertz CT molecular complexity index is 2640. The number of phenolic OH excluding ortho intramolecular Hbond substituents is 4. The van der Waals surface area contributed by atoms with Crippen LogP contribution in [-0.2, 0) is 10.1 Å². The van der Waals surface area contributed by atoms with E-state index in [1.165, 1.54) is 31.5 Å². The number of hydrogen-bond donors (Lipinski definition) is 5. The van der Waals surface area contributed by atoms with Crippen molar-refractivity contribution >= 4 is 99.5 Å². The molecule has 0 saturated heterocycles. The molecule has 8 aromatic rings. The molecule has 0 aliphatic rings. The molecule has 0 unspecified atom stereocenters. The topological polar surface area (TPSA) is 238 Å². The number of rotatable bonds is 1. The molecule has 51 heavy (non-hydrogen) atoms. The van der Waals surface area contributed by atoms with Crippen molar-refractivity contribution in [3.63, 3.8) is 0 Å². The maximum Gasteiger partial charge on any atom is 0.295 e. The van der Waals surface area contributed by atoms with E-state index in [1.807, 2.05) is 6.07 Å². The number of benzene rings is 4. The van der Waals surface area contributed by atoms with E-state index in [1.54, 1.807) is 48.9 Å². The van der Waals surface area contributed by atoms with Crippen molar-refractivity contribution < 1.29 is 33.4 Å². The molecule has 15 nitrogen and oxygen atoms in total. The normalized spacial score (nSPS) is 10.8. The van der Waals surface area contributed by atoms with Crippen molar-refractivity contribution in [3.8, 4) is 23.0 Å². The molecule has 0 spiro atoms. The van der Waals surface area contributed by atoms with Crippen LogP contribution in [0.25, 0.3) is 43.6 Å². The van der Waals surface area contributed by atoms with Gasteiger partial charge in [-0.1, -0.05) is 35.3 Å². The van der Waals surface area contributed by atoms with Crippen LogP contribution in [0.15, 0.2) is 104 Å². The van der Waals surface area contributed by atoms with Gasteiger partial charge in [-0.05, 0) is 59.0 Å². The first-order valence-electron chi connectivity index (χ1n) is 14.0. The Balaban J connectivity index is 0.000000133. The summed E-state index contributed by atoms with van der Waals surface area (Å²) in [5.74, 6) is 0.0562. The molecule has 0 saturated carbocycles. The zero-order chi connectivity index (χ0) is 36.7. The van der Waals surface area contributed by atoms with Crippen molar-refractivity contribution in [1.29, 1.82) is 0 Å². The molecule has 0 radical (unpaired) electrons. The standard InChI is InChI=1S/C8H4ClIN2O.C8H5ClN2O.C8H6N2O4S.C8H6N2O/c9-5-1-6(10)4-2-11-3-12-7(4)8(5)13;9-6-2-1-5-3-10-4-11-7(5)8(6)12;11-6-1-2-7(15(12,13)14)5-3-9-4-10-8(5)6;11-7-3-1-2-6-4-9-5-10-8(6)7/h1-3,13H;1-4,12H;1-4,11H,(H,12,13,14);1-5,11H. The summed E-state index contributed by atoms with van der Waals surface area (Å²) < 4.78 is 31.8. The molecule has 4 aromatic carbocycles. The molecule has 19 heteroatoms. The highest BCUT2D eigenvalue weighted by molar-refractivity contribution is 14.1. The Hall–Kier alpha value is -5.34. The van der Waals surface area contributed by atoms with Gasteiger partial charge in [-0.2, -0.15) is 8.42 Å². The summed E-state index contributed by atoms with van der Waals surface area (Å²) in [6, 6.07) is 12.5. The Morgan fingerprint density at radius 3 is 1.75 bits per heavy atom. The number of para-hydroxylation sites is 1. The summed E-state index contributed by atoms with van der Waals surface area (Å²) in [6.45, 7) is 0. The van der Waals surface area contributed by atoms with Crippen LogP contribution in [0, 0.1) is 3.57 Å². The van der Waals surface area contributed by atoms with Crippen molar-refractivity contribution in [1.82, 2.24) is 39.9 Å². The lowest BCUT2D eigenvalue weighted by molar-refractivity contribution is 0.477. The van der Waals surface area contributed by atoms with Crippen molar-refractivity contribution in [2.45, 2.75) is 4.90 Å². The predicted octanol–water partition coefficient (Wildman–Crippen LogP) is 6.50. The average molecular weight is 859 g/mol. The maximum absolute atomic E-state index is 11.0. The third-order valence-electron chi connectivity index (χ3n) is 6.68. The molecular formula is C32H21Cl2IN8O7S. The number of hydrogen-bond acceptors (Lipinski definition) is 14. The van der Waals surface area contributed by atoms with Crippen LogP contribution >= 0.6 is 45.8 Å². The van der Waals surface area contributed by atoms with Gasteiger partial charge >= 0.3 is 0 Å². The first-order valence-corrected chi connectivity index (χ1v) is 17.2. The number of halogens is 3. The summed E-state index contributed by atoms with van der Waals surface area (Å²) in [5, 5.41) is 40.8. The van der Waals surface area contributed by atoms with E-state index in [4.69, 9.17) is 27.8 Å². The largest absolute Gasteiger partial charge is 0.506 e. The molecule has 4 heterocycles. The Kier molecular flexibility index (Phi) is 11.7. The first kappa shape index (κ1) is 36.9. The quantitative estimate of drug-likeness (QED) is 0.0875. The van der Waals surface area contributed by atoms with Crippen LogP contribution in [0.5, 0.6) is 23.0 Å². The Labute approximate surface area is 311 Å². The molecule has 0 bridgehead atoms. The van der Waals surface area contributed by atoms with Gasteiger partial charge in [0.25, 0.3) is 10.1 Å². The molecule has 4 aromatic heterocycles. The van der Waals surface area contributed by atoms with E-state index < -0.39 is 10.1 Å². The van der Waals surface area contributed by atoms with E-state index in [9.17, 15) is 28.8 Å². The minimum Gasteiger partial charge on any atom is -0.506 e. The van der Waals surface area contributed by atoms with Crippen molar-refractivity contribution in [2.75, 3.05) is 0 Å². The minimum atomic E-state index is -4.34. The van der Waals surface area contributed by atoms with Crippen LogP contribution in [-0.4, -0.2) is 73.3 Å². The lowest BCUT2D eigenvalue weighted by Crippen LogP contribution is -1.99. The van der Waals surface area contributed by atoms with Crippen molar-refractivity contribution in [3.05, 3.63) is 112 Å². The monoisotopic (exact) mass is 858 g/mol. The SMILES string of the molecule is O=S(=O)(O)c1ccc(O)c2ncncc12.Oc1c(Cl)cc(I)c2cncnc12.Oc1c(Cl)ccc2cncnc12.Oc1cccc2cncnc12. The fourth-order valence-electron chi connectivity index (χ4n) is 4.34. The lowest BCUT2D eigenvalue weighted by atomic mass is 10.2. The molecule has 0 aliphatic carbocycles. The zero-order valence-corrected chi connectivity index (χ0v) is 29.9. The van der Waals surface area contributed by atoms with Crippen LogP contribution in [0.4, 0.5) is 0 Å². The van der Waals surface area contributed by atoms with Crippen LogP contribution in [0.1, 0.15) is 0 Å². The van der Waals surface area contributed by atoms with Crippen LogP contribution < -0.4 is 0 Å². The smallest absolute Gasteiger partial charge is 0.295 e. The van der Waals surface area contributed by atoms with Gasteiger partial charge in [0.2, 0.25) is 0 Å². The first-order chi connectivity index (χ1) is 24.4. The fraction of sp³-hybridized carbons (Fsp3) is 0. The molecule has 258 valence electrons. The van der Waals surface area contributed by atoms with Gasteiger partial charge < -0.3 is 20.4 Å². The van der Waals surface area contributed by atoms with Crippen LogP contribution in [0.2, 0.25) is 10.0 Å². The number of fused-ring (bicyclic) bond motifs is 4. The van der Waals surface area contributed by atoms with E-state index in [2.05, 4.69) is 62.5 Å². The summed E-state index contributed by atoms with van der Waals surface area (Å²) in [7, 11) is -4.34. The van der Waals surface area contributed by atoms with E-state index >= 15 is 0 Å². The highest BCUT2D eigenvalue weighted by Gasteiger charge is 2.16. The van der Waals surface area contributed by atoms with Gasteiger partial charge in [0, 0.05) is 49.9 Å². The number of aromatic hydroxyl groups is 4. The van der Waals surface area contributed by atoms with Gasteiger partial charge in [0.15, 0.2) is 11.5 Å². The Morgan fingerprint density at radius 2 is 1.10 bits per heavy atom. The lowest BCUT2D eigenvalue weighted by Gasteiger charge is -2.03. The van der Waals surface area contributed by atoms with Crippen molar-refractivity contribution in [2.24, 2.45) is 0 Å². The molecule has 0 fully saturated rings. The molecule has 0 aliphatic heterocycles. The van der Waals surface area contributed by atoms with Gasteiger partial charge in [-0.25, -0.2) is 39.9 Å². The number of nitrogens with zero attached hydrogens (tertiary/aromatic N) is 8. The van der Waals surface area contributed by atoms with E-state index in [0.29, 0.717) is 26.6 Å². The second-order valence-corrected chi connectivity index (χ2v) is 13.3. The maximum atomic E-state index is 11.0. The summed E-state index contributed by atoms with van der Waals surface area (Å²) in [5.41, 5.74) is 1.66. The molecular weight excluding hydrogens is 838 g/mol. The summed E-state index contributed by atoms with van der Waals surface area (Å²) >= 11 is 13.6. The van der Waals surface area contributed by atoms with E-state index in [-0.39, 0.29) is 38.8 Å². The van der Waals surface area contributed by atoms with Crippen LogP contribution in [0.3, 0.4) is 0 Å². The van der Waals surface area contributed by atoms with Gasteiger partial charge in [0.1, 0.15) is 63.8 Å². The molecule has 8 rings (SSSR count). The number of aromatic nitrogens is 8. The average Bonchev–Trinajstić information content (AvgIpc) is 3.13. The second kappa shape index (κ2) is 16.1. The zero-order valence-electron chi connectivity index (χ0n) is 25.4. The Morgan fingerprint density at radius 1 is 0.569 bits per heavy atom. The summed E-state index contributed by atoms with van der Waals surface area (Å²) in [4.78, 5) is 30.3. The second-order valence-electron chi connectivity index (χ2n) is 9.91. The predicted molar refractivity (Wildman–Crippen MR) is 197 cm³/mol. The highest BCUT2D eigenvalue weighted by Crippen LogP contribution is 2.34. The molecule has 5 N–H and O–H groups in total. The van der Waals surface area contributed by atoms with Gasteiger partial charge in [-0.3, -0.25) is 4.55 Å². The third-order valence-corrected chi connectivity index (χ3v) is 9.08. The molecule has 0 amide bonds.